The molecule has 0 aromatic heterocycles. The van der Waals surface area contributed by atoms with Gasteiger partial charge in [-0.2, -0.15) is 0 Å². The van der Waals surface area contributed by atoms with Crippen LogP contribution in [0.25, 0.3) is 0 Å². The Morgan fingerprint density at radius 2 is 1.96 bits per heavy atom. The van der Waals surface area contributed by atoms with Crippen LogP contribution in [0.15, 0.2) is 24.3 Å². The summed E-state index contributed by atoms with van der Waals surface area (Å²) in [7, 11) is 0. The highest BCUT2D eigenvalue weighted by Crippen LogP contribution is 2.41. The molecule has 1 saturated carbocycles. The lowest BCUT2D eigenvalue weighted by atomic mass is 9.74. The highest BCUT2D eigenvalue weighted by Gasteiger charge is 2.52. The topological polar surface area (TPSA) is 52.6 Å². The number of hydrogen-bond acceptors (Lipinski definition) is 3. The monoisotopic (exact) mass is 324 g/mol. The van der Waals surface area contributed by atoms with E-state index in [1.807, 2.05) is 4.90 Å². The van der Waals surface area contributed by atoms with Crippen molar-refractivity contribution in [2.24, 2.45) is 5.92 Å². The van der Waals surface area contributed by atoms with E-state index in [4.69, 9.17) is 0 Å². The van der Waals surface area contributed by atoms with Gasteiger partial charge in [-0.3, -0.25) is 4.79 Å². The molecule has 4 heteroatoms. The largest absolute Gasteiger partial charge is 0.394 e. The van der Waals surface area contributed by atoms with E-state index in [-0.39, 0.29) is 30.5 Å². The fourth-order valence-electron chi connectivity index (χ4n) is 4.45. The first-order valence-electron chi connectivity index (χ1n) is 9.02. The van der Waals surface area contributed by atoms with Crippen LogP contribution in [0.5, 0.6) is 0 Å². The average Bonchev–Trinajstić information content (AvgIpc) is 3.10. The Hall–Kier alpha value is -1.83. The number of amides is 1. The van der Waals surface area contributed by atoms with Gasteiger partial charge in [-0.05, 0) is 30.5 Å². The zero-order valence-electron chi connectivity index (χ0n) is 13.9. The molecule has 2 N–H and O–H groups in total. The molecule has 2 saturated heterocycles. The zero-order chi connectivity index (χ0) is 16.5. The van der Waals surface area contributed by atoms with Crippen LogP contribution < -0.4 is 5.32 Å². The summed E-state index contributed by atoms with van der Waals surface area (Å²) in [5.41, 5.74) is 2.25. The summed E-state index contributed by atoms with van der Waals surface area (Å²) in [5, 5.41) is 12.9. The first kappa shape index (κ1) is 15.7. The van der Waals surface area contributed by atoms with E-state index in [9.17, 15) is 9.90 Å². The van der Waals surface area contributed by atoms with Gasteiger partial charge in [-0.25, -0.2) is 0 Å². The molecule has 1 aromatic carbocycles. The average molecular weight is 324 g/mol. The standard InChI is InChI=1S/C20H24N2O2/c23-13-18-20(17-11-21-12-19(24)22(17)18)16-9-7-15(8-10-16)6-5-14-3-1-2-4-14/h7-10,14,17-18,20-21,23H,1-4,11-13H2/t17-,18+,20-/m1/s1. The highest BCUT2D eigenvalue weighted by molar-refractivity contribution is 5.81. The van der Waals surface area contributed by atoms with Gasteiger partial charge in [0.25, 0.3) is 0 Å². The maximum atomic E-state index is 12.0. The Kier molecular flexibility index (Phi) is 4.30. The lowest BCUT2D eigenvalue weighted by molar-refractivity contribution is -0.153. The summed E-state index contributed by atoms with van der Waals surface area (Å²) in [6, 6.07) is 8.46. The van der Waals surface area contributed by atoms with Crippen molar-refractivity contribution < 1.29 is 9.90 Å². The van der Waals surface area contributed by atoms with Crippen LogP contribution in [0, 0.1) is 17.8 Å². The summed E-state index contributed by atoms with van der Waals surface area (Å²) in [5.74, 6) is 7.58. The molecule has 1 amide bonds. The Morgan fingerprint density at radius 1 is 1.21 bits per heavy atom. The van der Waals surface area contributed by atoms with E-state index >= 15 is 0 Å². The van der Waals surface area contributed by atoms with Gasteiger partial charge in [0.1, 0.15) is 0 Å². The third-order valence-electron chi connectivity index (χ3n) is 5.72. The van der Waals surface area contributed by atoms with Crippen molar-refractivity contribution in [1.82, 2.24) is 10.2 Å². The van der Waals surface area contributed by atoms with Crippen molar-refractivity contribution in [3.63, 3.8) is 0 Å². The second-order valence-corrected chi connectivity index (χ2v) is 7.15. The zero-order valence-corrected chi connectivity index (χ0v) is 13.9. The Balaban J connectivity index is 1.49. The molecule has 4 rings (SSSR count). The maximum Gasteiger partial charge on any atom is 0.237 e. The lowest BCUT2D eigenvalue weighted by Gasteiger charge is -2.57. The van der Waals surface area contributed by atoms with Gasteiger partial charge in [0, 0.05) is 23.9 Å². The van der Waals surface area contributed by atoms with E-state index in [1.54, 1.807) is 0 Å². The van der Waals surface area contributed by atoms with E-state index in [0.29, 0.717) is 12.5 Å². The first-order chi connectivity index (χ1) is 11.8. The highest BCUT2D eigenvalue weighted by atomic mass is 16.3. The number of aliphatic hydroxyl groups is 1. The number of carbonyl (C=O) groups is 1. The molecule has 0 radical (unpaired) electrons. The normalized spacial score (nSPS) is 29.6. The van der Waals surface area contributed by atoms with Gasteiger partial charge in [0.2, 0.25) is 5.91 Å². The number of rotatable bonds is 2. The van der Waals surface area contributed by atoms with Crippen LogP contribution in [0.4, 0.5) is 0 Å². The number of nitrogens with zero attached hydrogens (tertiary/aromatic N) is 1. The van der Waals surface area contributed by atoms with Crippen molar-refractivity contribution in [3.05, 3.63) is 35.4 Å². The molecule has 1 aliphatic carbocycles. The summed E-state index contributed by atoms with van der Waals surface area (Å²) < 4.78 is 0. The second-order valence-electron chi connectivity index (χ2n) is 7.15. The van der Waals surface area contributed by atoms with Crippen molar-refractivity contribution >= 4 is 5.91 Å². The van der Waals surface area contributed by atoms with E-state index in [0.717, 1.165) is 12.1 Å². The first-order valence-corrected chi connectivity index (χ1v) is 9.02. The number of hydrogen-bond donors (Lipinski definition) is 2. The van der Waals surface area contributed by atoms with Gasteiger partial charge in [0.05, 0.1) is 25.2 Å². The third kappa shape index (κ3) is 2.72. The minimum Gasteiger partial charge on any atom is -0.394 e. The minimum atomic E-state index is -0.0833. The summed E-state index contributed by atoms with van der Waals surface area (Å²) in [4.78, 5) is 13.9. The smallest absolute Gasteiger partial charge is 0.237 e. The van der Waals surface area contributed by atoms with Crippen LogP contribution in [0.2, 0.25) is 0 Å². The molecular formula is C20H24N2O2. The van der Waals surface area contributed by atoms with Gasteiger partial charge < -0.3 is 15.3 Å². The molecule has 3 aliphatic rings. The molecule has 3 atom stereocenters. The molecule has 24 heavy (non-hydrogen) atoms. The van der Waals surface area contributed by atoms with E-state index in [1.165, 1.54) is 31.2 Å². The van der Waals surface area contributed by atoms with Crippen molar-refractivity contribution in [2.75, 3.05) is 19.7 Å². The van der Waals surface area contributed by atoms with Gasteiger partial charge >= 0.3 is 0 Å². The van der Waals surface area contributed by atoms with Crippen LogP contribution in [0.3, 0.4) is 0 Å². The fraction of sp³-hybridized carbons (Fsp3) is 0.550. The van der Waals surface area contributed by atoms with Gasteiger partial charge in [-0.1, -0.05) is 36.8 Å². The molecule has 2 aliphatic heterocycles. The van der Waals surface area contributed by atoms with Crippen molar-refractivity contribution in [2.45, 2.75) is 43.7 Å². The Bertz CT molecular complexity index is 661. The quantitative estimate of drug-likeness (QED) is 0.811. The summed E-state index contributed by atoms with van der Waals surface area (Å²) in [6.07, 6.45) is 5.11. The number of carbonyl (C=O) groups excluding carboxylic acids is 1. The molecule has 2 heterocycles. The van der Waals surface area contributed by atoms with Gasteiger partial charge in [-0.15, -0.1) is 0 Å². The second kappa shape index (κ2) is 6.58. The van der Waals surface area contributed by atoms with Crippen molar-refractivity contribution in [1.29, 1.82) is 0 Å². The number of benzene rings is 1. The number of aliphatic hydroxyl groups excluding tert-OH is 1. The number of piperazine rings is 1. The van der Waals surface area contributed by atoms with Crippen LogP contribution >= 0.6 is 0 Å². The molecular weight excluding hydrogens is 300 g/mol. The van der Waals surface area contributed by atoms with Crippen LogP contribution in [0.1, 0.15) is 42.7 Å². The molecule has 0 bridgehead atoms. The fourth-order valence-corrected chi connectivity index (χ4v) is 4.45. The van der Waals surface area contributed by atoms with Gasteiger partial charge in [0.15, 0.2) is 0 Å². The third-order valence-corrected chi connectivity index (χ3v) is 5.72. The molecule has 4 nitrogen and oxygen atoms in total. The summed E-state index contributed by atoms with van der Waals surface area (Å²) in [6.45, 7) is 1.21. The van der Waals surface area contributed by atoms with E-state index < -0.39 is 0 Å². The SMILES string of the molecule is O=C1CNC[C@@H]2[C@@H](c3ccc(C#CC4CCCC4)cc3)[C@H](CO)N12. The van der Waals surface area contributed by atoms with E-state index in [2.05, 4.69) is 41.4 Å². The molecule has 126 valence electrons. The Labute approximate surface area is 143 Å². The molecule has 0 unspecified atom stereocenters. The lowest BCUT2D eigenvalue weighted by Crippen LogP contribution is -2.72. The van der Waals surface area contributed by atoms with Crippen molar-refractivity contribution in [3.8, 4) is 11.8 Å². The predicted octanol–water partition coefficient (Wildman–Crippen LogP) is 1.49. The van der Waals surface area contributed by atoms with Crippen LogP contribution in [-0.2, 0) is 4.79 Å². The number of nitrogens with one attached hydrogen (secondary N) is 1. The molecule has 1 aromatic rings. The Morgan fingerprint density at radius 3 is 2.67 bits per heavy atom. The molecule has 3 fully saturated rings. The number of fused-ring (bicyclic) bond motifs is 1. The maximum absolute atomic E-state index is 12.0. The minimum absolute atomic E-state index is 0.0240. The molecule has 0 spiro atoms. The summed E-state index contributed by atoms with van der Waals surface area (Å²) >= 11 is 0. The predicted molar refractivity (Wildman–Crippen MR) is 92.4 cm³/mol. The van der Waals surface area contributed by atoms with Crippen LogP contribution in [-0.4, -0.2) is 47.7 Å².